The van der Waals surface area contributed by atoms with Crippen molar-refractivity contribution in [1.82, 2.24) is 25.4 Å². The van der Waals surface area contributed by atoms with E-state index < -0.39 is 0 Å². The van der Waals surface area contributed by atoms with Crippen LogP contribution in [0.4, 0.5) is 0 Å². The van der Waals surface area contributed by atoms with Crippen molar-refractivity contribution in [2.45, 2.75) is 38.8 Å². The molecular formula is C19H28ClIN6O. The fourth-order valence-corrected chi connectivity index (χ4v) is 3.18. The molecule has 3 rings (SSSR count). The van der Waals surface area contributed by atoms with Crippen molar-refractivity contribution in [2.24, 2.45) is 12.0 Å². The summed E-state index contributed by atoms with van der Waals surface area (Å²) in [7, 11) is 1.95. The summed E-state index contributed by atoms with van der Waals surface area (Å²) in [5.41, 5.74) is 1.12. The van der Waals surface area contributed by atoms with Crippen LogP contribution in [-0.4, -0.2) is 46.5 Å². The first-order valence-electron chi connectivity index (χ1n) is 9.35. The van der Waals surface area contributed by atoms with Crippen molar-refractivity contribution in [3.8, 4) is 0 Å². The van der Waals surface area contributed by atoms with Crippen LogP contribution in [0.5, 0.6) is 0 Å². The van der Waals surface area contributed by atoms with Crippen LogP contribution in [-0.2, 0) is 24.8 Å². The molecule has 0 spiro atoms. The smallest absolute Gasteiger partial charge is 0.191 e. The Morgan fingerprint density at radius 3 is 2.82 bits per heavy atom. The lowest BCUT2D eigenvalue weighted by molar-refractivity contribution is 0.114. The maximum atomic E-state index is 6.24. The Bertz CT molecular complexity index is 776. The second-order valence-electron chi connectivity index (χ2n) is 6.67. The topological polar surface area (TPSA) is 76.4 Å². The molecule has 2 heterocycles. The van der Waals surface area contributed by atoms with Crippen molar-refractivity contribution >= 4 is 41.5 Å². The normalized spacial score (nSPS) is 16.7. The zero-order valence-electron chi connectivity index (χ0n) is 16.3. The van der Waals surface area contributed by atoms with Crippen LogP contribution in [0.3, 0.4) is 0 Å². The molecule has 28 heavy (non-hydrogen) atoms. The number of nitrogens with one attached hydrogen (secondary N) is 2. The molecule has 0 saturated carbocycles. The second-order valence-corrected chi connectivity index (χ2v) is 7.08. The van der Waals surface area contributed by atoms with Crippen LogP contribution in [0, 0.1) is 6.92 Å². The highest BCUT2D eigenvalue weighted by Gasteiger charge is 2.15. The van der Waals surface area contributed by atoms with E-state index >= 15 is 0 Å². The Morgan fingerprint density at radius 2 is 2.14 bits per heavy atom. The van der Waals surface area contributed by atoms with Gasteiger partial charge >= 0.3 is 0 Å². The first-order chi connectivity index (χ1) is 13.1. The minimum atomic E-state index is 0. The van der Waals surface area contributed by atoms with Crippen molar-refractivity contribution < 1.29 is 4.74 Å². The summed E-state index contributed by atoms with van der Waals surface area (Å²) in [5.74, 6) is 2.45. The summed E-state index contributed by atoms with van der Waals surface area (Å²) in [6.07, 6.45) is 3.28. The lowest BCUT2D eigenvalue weighted by atomic mass is 10.1. The quantitative estimate of drug-likeness (QED) is 0.335. The highest BCUT2D eigenvalue weighted by Crippen LogP contribution is 2.15. The number of hydrogen-bond acceptors (Lipinski definition) is 4. The van der Waals surface area contributed by atoms with Crippen LogP contribution in [0.2, 0.25) is 5.02 Å². The van der Waals surface area contributed by atoms with E-state index in [-0.39, 0.29) is 30.1 Å². The first kappa shape index (κ1) is 22.9. The van der Waals surface area contributed by atoms with Gasteiger partial charge in [0.25, 0.3) is 0 Å². The number of rotatable bonds is 7. The van der Waals surface area contributed by atoms with Crippen molar-refractivity contribution in [1.29, 1.82) is 0 Å². The zero-order chi connectivity index (χ0) is 19.1. The maximum absolute atomic E-state index is 6.24. The fourth-order valence-electron chi connectivity index (χ4n) is 2.95. The summed E-state index contributed by atoms with van der Waals surface area (Å²) in [6, 6.07) is 7.90. The molecule has 1 aliphatic heterocycles. The molecule has 0 aliphatic carbocycles. The molecule has 1 aromatic carbocycles. The third-order valence-corrected chi connectivity index (χ3v) is 5.10. The predicted octanol–water partition coefficient (Wildman–Crippen LogP) is 2.85. The average Bonchev–Trinajstić information content (AvgIpc) is 3.30. The zero-order valence-corrected chi connectivity index (χ0v) is 19.4. The van der Waals surface area contributed by atoms with E-state index in [0.29, 0.717) is 6.54 Å². The Kier molecular flexibility index (Phi) is 9.46. The SMILES string of the molecule is Cc1nnc(CN=C(NCCc2ccccc2Cl)NCC2CCCO2)n1C.I. The molecule has 1 atom stereocenters. The number of aliphatic imine (C=N–C) groups is 1. The van der Waals surface area contributed by atoms with Gasteiger partial charge in [0, 0.05) is 31.8 Å². The van der Waals surface area contributed by atoms with Gasteiger partial charge in [-0.15, -0.1) is 34.2 Å². The predicted molar refractivity (Wildman–Crippen MR) is 122 cm³/mol. The van der Waals surface area contributed by atoms with Crippen molar-refractivity contribution in [3.05, 3.63) is 46.5 Å². The molecule has 2 N–H and O–H groups in total. The molecule has 154 valence electrons. The minimum Gasteiger partial charge on any atom is -0.376 e. The lowest BCUT2D eigenvalue weighted by Gasteiger charge is -2.16. The second kappa shape index (κ2) is 11.6. The third kappa shape index (κ3) is 6.59. The van der Waals surface area contributed by atoms with Crippen molar-refractivity contribution in [2.75, 3.05) is 19.7 Å². The molecule has 0 radical (unpaired) electrons. The Balaban J connectivity index is 0.00000280. The summed E-state index contributed by atoms with van der Waals surface area (Å²) >= 11 is 6.24. The Labute approximate surface area is 188 Å². The van der Waals surface area contributed by atoms with Crippen LogP contribution in [0.25, 0.3) is 0 Å². The molecule has 1 aromatic heterocycles. The number of hydrogen-bond donors (Lipinski definition) is 2. The van der Waals surface area contributed by atoms with Crippen LogP contribution in [0.15, 0.2) is 29.3 Å². The van der Waals surface area contributed by atoms with Crippen molar-refractivity contribution in [3.63, 3.8) is 0 Å². The first-order valence-corrected chi connectivity index (χ1v) is 9.73. The molecule has 9 heteroatoms. The van der Waals surface area contributed by atoms with Gasteiger partial charge in [0.15, 0.2) is 11.8 Å². The van der Waals surface area contributed by atoms with Crippen LogP contribution < -0.4 is 10.6 Å². The highest BCUT2D eigenvalue weighted by atomic mass is 127. The maximum Gasteiger partial charge on any atom is 0.191 e. The standard InChI is InChI=1S/C19H27ClN6O.HI/c1-14-24-25-18(26(14)2)13-23-19(22-12-16-7-5-11-27-16)21-10-9-15-6-3-4-8-17(15)20;/h3-4,6,8,16H,5,7,9-13H2,1-2H3,(H2,21,22,23);1H. The van der Waals surface area contributed by atoms with E-state index in [1.165, 1.54) is 0 Å². The fraction of sp³-hybridized carbons (Fsp3) is 0.526. The molecule has 1 saturated heterocycles. The average molecular weight is 519 g/mol. The molecule has 1 aliphatic rings. The van der Waals surface area contributed by atoms with Crippen LogP contribution in [0.1, 0.15) is 30.1 Å². The van der Waals surface area contributed by atoms with E-state index in [2.05, 4.69) is 25.8 Å². The van der Waals surface area contributed by atoms with E-state index in [1.807, 2.05) is 42.8 Å². The molecule has 0 amide bonds. The van der Waals surface area contributed by atoms with Gasteiger partial charge in [-0.2, -0.15) is 0 Å². The van der Waals surface area contributed by atoms with E-state index in [4.69, 9.17) is 16.3 Å². The van der Waals surface area contributed by atoms with Gasteiger partial charge in [0.2, 0.25) is 0 Å². The number of benzene rings is 1. The molecule has 1 fully saturated rings. The van der Waals surface area contributed by atoms with E-state index in [0.717, 1.165) is 67.2 Å². The van der Waals surface area contributed by atoms with Gasteiger partial charge in [-0.05, 0) is 37.8 Å². The van der Waals surface area contributed by atoms with Gasteiger partial charge in [-0.1, -0.05) is 29.8 Å². The summed E-state index contributed by atoms with van der Waals surface area (Å²) < 4.78 is 7.64. The lowest BCUT2D eigenvalue weighted by Crippen LogP contribution is -2.42. The van der Waals surface area contributed by atoms with Gasteiger partial charge in [0.05, 0.1) is 6.10 Å². The van der Waals surface area contributed by atoms with E-state index in [1.54, 1.807) is 0 Å². The van der Waals surface area contributed by atoms with Gasteiger partial charge in [0.1, 0.15) is 12.4 Å². The monoisotopic (exact) mass is 518 g/mol. The largest absolute Gasteiger partial charge is 0.376 e. The number of nitrogens with zero attached hydrogens (tertiary/aromatic N) is 4. The van der Waals surface area contributed by atoms with Gasteiger partial charge in [-0.3, -0.25) is 0 Å². The molecular weight excluding hydrogens is 491 g/mol. The van der Waals surface area contributed by atoms with Crippen LogP contribution >= 0.6 is 35.6 Å². The number of guanidine groups is 1. The Hall–Kier alpha value is -1.39. The number of ether oxygens (including phenoxy) is 1. The number of aryl methyl sites for hydroxylation is 1. The minimum absolute atomic E-state index is 0. The molecule has 1 unspecified atom stereocenters. The number of halogens is 2. The van der Waals surface area contributed by atoms with Gasteiger partial charge < -0.3 is 19.9 Å². The Morgan fingerprint density at radius 1 is 1.32 bits per heavy atom. The summed E-state index contributed by atoms with van der Waals surface area (Å²) in [6.45, 7) is 4.72. The molecule has 0 bridgehead atoms. The third-order valence-electron chi connectivity index (χ3n) is 4.73. The summed E-state index contributed by atoms with van der Waals surface area (Å²) in [4.78, 5) is 4.67. The van der Waals surface area contributed by atoms with E-state index in [9.17, 15) is 0 Å². The number of aromatic nitrogens is 3. The molecule has 7 nitrogen and oxygen atoms in total. The highest BCUT2D eigenvalue weighted by molar-refractivity contribution is 14.0. The van der Waals surface area contributed by atoms with Gasteiger partial charge in [-0.25, -0.2) is 4.99 Å². The molecule has 2 aromatic rings. The summed E-state index contributed by atoms with van der Waals surface area (Å²) in [5, 5.41) is 15.8.